The summed E-state index contributed by atoms with van der Waals surface area (Å²) in [7, 11) is 0. The van der Waals surface area contributed by atoms with Crippen LogP contribution in [-0.2, 0) is 0 Å². The van der Waals surface area contributed by atoms with Crippen molar-refractivity contribution < 1.29 is 0 Å². The molecule has 0 heterocycles. The van der Waals surface area contributed by atoms with Gasteiger partial charge in [0.05, 0.1) is 22.8 Å². The van der Waals surface area contributed by atoms with Gasteiger partial charge in [-0.1, -0.05) is 83.9 Å². The predicted octanol–water partition coefficient (Wildman–Crippen LogP) is 6.96. The monoisotopic (exact) mass is 386 g/mol. The third-order valence-electron chi connectivity index (χ3n) is 5.42. The number of fused-ring (bicyclic) bond motifs is 2. The van der Waals surface area contributed by atoms with E-state index < -0.39 is 0 Å². The summed E-state index contributed by atoms with van der Waals surface area (Å²) in [5.41, 5.74) is 10.8. The topological polar surface area (TPSA) is 24.7 Å². The molecule has 0 aliphatic heterocycles. The molecule has 30 heavy (non-hydrogen) atoms. The second kappa shape index (κ2) is 7.57. The Bertz CT molecular complexity index is 1120. The summed E-state index contributed by atoms with van der Waals surface area (Å²) < 4.78 is 0. The standard InChI is InChI=1S/C28H22N2/c1-19-11-15-21(16-12-19)29-27-23-7-3-5-9-25(23)28(26-10-6-4-8-24(26)27)30-22-17-13-20(2)14-18-22/h3-18H,1-2H3. The lowest BCUT2D eigenvalue weighted by atomic mass is 9.83. The highest BCUT2D eigenvalue weighted by Crippen LogP contribution is 2.31. The smallest absolute Gasteiger partial charge is 0.0795 e. The Morgan fingerprint density at radius 3 is 1.00 bits per heavy atom. The molecule has 1 aliphatic rings. The zero-order valence-corrected chi connectivity index (χ0v) is 17.1. The van der Waals surface area contributed by atoms with E-state index in [0.29, 0.717) is 0 Å². The average Bonchev–Trinajstić information content (AvgIpc) is 2.78. The molecule has 144 valence electrons. The van der Waals surface area contributed by atoms with Crippen LogP contribution in [0.15, 0.2) is 107 Å². The third-order valence-corrected chi connectivity index (χ3v) is 5.42. The van der Waals surface area contributed by atoms with E-state index in [2.05, 4.69) is 111 Å². The Labute approximate surface area is 177 Å². The van der Waals surface area contributed by atoms with Crippen LogP contribution in [0, 0.1) is 13.8 Å². The van der Waals surface area contributed by atoms with E-state index in [-0.39, 0.29) is 0 Å². The van der Waals surface area contributed by atoms with Gasteiger partial charge in [0.2, 0.25) is 0 Å². The largest absolute Gasteiger partial charge is 0.248 e. The average molecular weight is 386 g/mol. The summed E-state index contributed by atoms with van der Waals surface area (Å²) in [6, 6.07) is 33.5. The molecule has 0 N–H and O–H groups in total. The molecule has 2 heteroatoms. The fourth-order valence-electron chi connectivity index (χ4n) is 3.82. The van der Waals surface area contributed by atoms with E-state index in [4.69, 9.17) is 9.98 Å². The van der Waals surface area contributed by atoms with Crippen molar-refractivity contribution in [1.29, 1.82) is 0 Å². The van der Waals surface area contributed by atoms with Gasteiger partial charge < -0.3 is 0 Å². The highest BCUT2D eigenvalue weighted by molar-refractivity contribution is 6.32. The van der Waals surface area contributed by atoms with Gasteiger partial charge in [-0.05, 0) is 38.1 Å². The quantitative estimate of drug-likeness (QED) is 0.313. The van der Waals surface area contributed by atoms with E-state index in [1.54, 1.807) is 0 Å². The maximum atomic E-state index is 5.06. The van der Waals surface area contributed by atoms with Crippen LogP contribution in [0.1, 0.15) is 33.4 Å². The van der Waals surface area contributed by atoms with Crippen LogP contribution in [0.3, 0.4) is 0 Å². The number of aryl methyl sites for hydroxylation is 2. The van der Waals surface area contributed by atoms with Crippen molar-refractivity contribution in [3.8, 4) is 0 Å². The first-order valence-electron chi connectivity index (χ1n) is 10.2. The normalized spacial score (nSPS) is 12.2. The van der Waals surface area contributed by atoms with Crippen molar-refractivity contribution >= 4 is 22.8 Å². The summed E-state index contributed by atoms with van der Waals surface area (Å²) in [5, 5.41) is 0. The molecule has 0 bridgehead atoms. The highest BCUT2D eigenvalue weighted by Gasteiger charge is 2.26. The molecule has 4 aromatic carbocycles. The molecule has 0 aromatic heterocycles. The van der Waals surface area contributed by atoms with E-state index in [0.717, 1.165) is 45.1 Å². The molecule has 0 fully saturated rings. The van der Waals surface area contributed by atoms with Gasteiger partial charge in [0.15, 0.2) is 0 Å². The number of hydrogen-bond donors (Lipinski definition) is 0. The summed E-state index contributed by atoms with van der Waals surface area (Å²) in [5.74, 6) is 0. The van der Waals surface area contributed by atoms with Gasteiger partial charge in [0, 0.05) is 22.3 Å². The molecule has 1 aliphatic carbocycles. The molecular formula is C28H22N2. The van der Waals surface area contributed by atoms with Crippen LogP contribution in [0.4, 0.5) is 11.4 Å². The second-order valence-corrected chi connectivity index (χ2v) is 7.68. The van der Waals surface area contributed by atoms with E-state index in [1.807, 2.05) is 0 Å². The van der Waals surface area contributed by atoms with E-state index >= 15 is 0 Å². The Hall–Kier alpha value is -3.78. The highest BCUT2D eigenvalue weighted by atomic mass is 14.8. The molecule has 0 radical (unpaired) electrons. The zero-order chi connectivity index (χ0) is 20.5. The Kier molecular flexibility index (Phi) is 4.61. The molecular weight excluding hydrogens is 364 g/mol. The van der Waals surface area contributed by atoms with Crippen LogP contribution < -0.4 is 0 Å². The first-order valence-corrected chi connectivity index (χ1v) is 10.2. The Morgan fingerprint density at radius 1 is 0.400 bits per heavy atom. The minimum atomic E-state index is 0.958. The molecule has 0 atom stereocenters. The summed E-state index contributed by atoms with van der Waals surface area (Å²) in [6.45, 7) is 4.19. The lowest BCUT2D eigenvalue weighted by Crippen LogP contribution is -2.22. The molecule has 5 rings (SSSR count). The lowest BCUT2D eigenvalue weighted by Gasteiger charge is -2.23. The fourth-order valence-corrected chi connectivity index (χ4v) is 3.82. The minimum absolute atomic E-state index is 0.958. The maximum absolute atomic E-state index is 5.06. The molecule has 0 saturated carbocycles. The SMILES string of the molecule is Cc1ccc(N=C2c3ccccc3C(=Nc3ccc(C)cc3)c3ccccc32)cc1. The van der Waals surface area contributed by atoms with E-state index in [1.165, 1.54) is 11.1 Å². The van der Waals surface area contributed by atoms with Crippen molar-refractivity contribution in [1.82, 2.24) is 0 Å². The number of hydrogen-bond acceptors (Lipinski definition) is 2. The molecule has 0 spiro atoms. The van der Waals surface area contributed by atoms with Gasteiger partial charge in [-0.2, -0.15) is 0 Å². The van der Waals surface area contributed by atoms with Crippen LogP contribution in [0.25, 0.3) is 0 Å². The number of rotatable bonds is 2. The maximum Gasteiger partial charge on any atom is 0.0795 e. The van der Waals surface area contributed by atoms with E-state index in [9.17, 15) is 0 Å². The zero-order valence-electron chi connectivity index (χ0n) is 17.1. The van der Waals surface area contributed by atoms with Crippen LogP contribution in [0.2, 0.25) is 0 Å². The fraction of sp³-hybridized carbons (Fsp3) is 0.0714. The lowest BCUT2D eigenvalue weighted by molar-refractivity contribution is 1.38. The Morgan fingerprint density at radius 2 is 0.700 bits per heavy atom. The first kappa shape index (κ1) is 18.3. The van der Waals surface area contributed by atoms with Crippen LogP contribution in [0.5, 0.6) is 0 Å². The van der Waals surface area contributed by atoms with Gasteiger partial charge in [-0.25, -0.2) is 9.98 Å². The van der Waals surface area contributed by atoms with Crippen molar-refractivity contribution in [3.63, 3.8) is 0 Å². The van der Waals surface area contributed by atoms with Gasteiger partial charge in [0.25, 0.3) is 0 Å². The van der Waals surface area contributed by atoms with Crippen molar-refractivity contribution in [3.05, 3.63) is 130 Å². The molecule has 0 amide bonds. The Balaban J connectivity index is 1.74. The molecule has 0 unspecified atom stereocenters. The number of benzene rings is 4. The number of nitrogens with zero attached hydrogens (tertiary/aromatic N) is 2. The molecule has 2 nitrogen and oxygen atoms in total. The molecule has 4 aromatic rings. The van der Waals surface area contributed by atoms with Gasteiger partial charge >= 0.3 is 0 Å². The van der Waals surface area contributed by atoms with Crippen LogP contribution in [-0.4, -0.2) is 11.4 Å². The third kappa shape index (κ3) is 3.37. The first-order chi connectivity index (χ1) is 14.7. The predicted molar refractivity (Wildman–Crippen MR) is 126 cm³/mol. The van der Waals surface area contributed by atoms with Crippen molar-refractivity contribution in [2.24, 2.45) is 9.98 Å². The molecule has 0 saturated heterocycles. The van der Waals surface area contributed by atoms with Crippen LogP contribution >= 0.6 is 0 Å². The van der Waals surface area contributed by atoms with Gasteiger partial charge in [-0.15, -0.1) is 0 Å². The summed E-state index contributed by atoms with van der Waals surface area (Å²) in [4.78, 5) is 10.1. The van der Waals surface area contributed by atoms with Crippen molar-refractivity contribution in [2.75, 3.05) is 0 Å². The summed E-state index contributed by atoms with van der Waals surface area (Å²) >= 11 is 0. The number of aliphatic imine (C=N–C) groups is 2. The minimum Gasteiger partial charge on any atom is -0.248 e. The van der Waals surface area contributed by atoms with Gasteiger partial charge in [-0.3, -0.25) is 0 Å². The van der Waals surface area contributed by atoms with Crippen molar-refractivity contribution in [2.45, 2.75) is 13.8 Å². The second-order valence-electron chi connectivity index (χ2n) is 7.68. The van der Waals surface area contributed by atoms with Gasteiger partial charge in [0.1, 0.15) is 0 Å². The summed E-state index contributed by atoms with van der Waals surface area (Å²) in [6.07, 6.45) is 0.